The van der Waals surface area contributed by atoms with Crippen molar-refractivity contribution in [2.45, 2.75) is 31.8 Å². The normalized spacial score (nSPS) is 18.0. The monoisotopic (exact) mass is 369 g/mol. The first-order valence-electron chi connectivity index (χ1n) is 8.76. The second-order valence-corrected chi connectivity index (χ2v) is 7.27. The maximum atomic E-state index is 13.2. The van der Waals surface area contributed by atoms with Gasteiger partial charge >= 0.3 is 0 Å². The number of likely N-dealkylation sites (tertiary alicyclic amines) is 1. The van der Waals surface area contributed by atoms with E-state index in [2.05, 4.69) is 20.2 Å². The summed E-state index contributed by atoms with van der Waals surface area (Å²) in [6.07, 6.45) is 6.97. The van der Waals surface area contributed by atoms with Crippen molar-refractivity contribution in [3.05, 3.63) is 65.2 Å². The van der Waals surface area contributed by atoms with Gasteiger partial charge < -0.3 is 5.32 Å². The lowest BCUT2D eigenvalue weighted by atomic mass is 9.98. The predicted molar refractivity (Wildman–Crippen MR) is 101 cm³/mol. The highest BCUT2D eigenvalue weighted by Gasteiger charge is 2.25. The topological polar surface area (TPSA) is 53.9 Å². The molecule has 1 aromatic carbocycles. The maximum Gasteiger partial charge on any atom is 0.229 e. The Bertz CT molecular complexity index is 837. The van der Waals surface area contributed by atoms with Gasteiger partial charge in [-0.15, -0.1) is 11.3 Å². The summed E-state index contributed by atoms with van der Waals surface area (Å²) < 4.78 is 13.2. The van der Waals surface area contributed by atoms with Crippen LogP contribution in [0.2, 0.25) is 0 Å². The fourth-order valence-corrected chi connectivity index (χ4v) is 3.86. The molecule has 0 radical (unpaired) electrons. The van der Waals surface area contributed by atoms with Gasteiger partial charge in [-0.2, -0.15) is 0 Å². The molecule has 0 amide bonds. The Morgan fingerprint density at radius 3 is 2.81 bits per heavy atom. The zero-order valence-electron chi connectivity index (χ0n) is 14.3. The number of rotatable bonds is 5. The molecule has 1 atom stereocenters. The first-order valence-corrected chi connectivity index (χ1v) is 9.64. The standard InChI is InChI=1S/C19H20FN5S/c20-15-6-4-14(5-7-15)13-25-11-2-1-3-17(25)16-8-9-21-18(23-16)24-19-22-10-12-26-19/h4-10,12,17H,1-3,11,13H2,(H,21,22,23,24)/t17-/m1/s1. The van der Waals surface area contributed by atoms with E-state index >= 15 is 0 Å². The highest BCUT2D eigenvalue weighted by Crippen LogP contribution is 2.31. The van der Waals surface area contributed by atoms with Crippen molar-refractivity contribution >= 4 is 22.4 Å². The summed E-state index contributed by atoms with van der Waals surface area (Å²) in [5, 5.41) is 5.86. The molecule has 1 N–H and O–H groups in total. The van der Waals surface area contributed by atoms with E-state index < -0.39 is 0 Å². The van der Waals surface area contributed by atoms with E-state index in [1.807, 2.05) is 23.6 Å². The molecular weight excluding hydrogens is 349 g/mol. The van der Waals surface area contributed by atoms with Gasteiger partial charge in [0.1, 0.15) is 5.82 Å². The molecule has 1 fully saturated rings. The van der Waals surface area contributed by atoms with Gasteiger partial charge in [0.2, 0.25) is 5.95 Å². The second kappa shape index (κ2) is 7.88. The zero-order valence-corrected chi connectivity index (χ0v) is 15.1. The van der Waals surface area contributed by atoms with Crippen LogP contribution in [0.5, 0.6) is 0 Å². The third kappa shape index (κ3) is 4.05. The number of piperidine rings is 1. The van der Waals surface area contributed by atoms with Crippen molar-refractivity contribution in [1.29, 1.82) is 0 Å². The van der Waals surface area contributed by atoms with Crippen LogP contribution in [-0.2, 0) is 6.54 Å². The fraction of sp³-hybridized carbons (Fsp3) is 0.316. The number of benzene rings is 1. The molecule has 2 aromatic heterocycles. The third-order valence-electron chi connectivity index (χ3n) is 4.58. The Balaban J connectivity index is 1.53. The summed E-state index contributed by atoms with van der Waals surface area (Å²) in [6, 6.07) is 8.99. The molecule has 0 unspecified atom stereocenters. The van der Waals surface area contributed by atoms with Crippen LogP contribution < -0.4 is 5.32 Å². The average molecular weight is 369 g/mol. The van der Waals surface area contributed by atoms with E-state index in [1.54, 1.807) is 12.4 Å². The van der Waals surface area contributed by atoms with Gasteiger partial charge in [-0.05, 0) is 43.1 Å². The Morgan fingerprint density at radius 2 is 2.00 bits per heavy atom. The Labute approximate surface area is 156 Å². The fourth-order valence-electron chi connectivity index (χ4n) is 3.34. The van der Waals surface area contributed by atoms with Gasteiger partial charge in [0, 0.05) is 24.3 Å². The number of halogens is 1. The molecule has 3 heterocycles. The number of anilines is 2. The Kier molecular flexibility index (Phi) is 5.17. The molecule has 1 aliphatic heterocycles. The summed E-state index contributed by atoms with van der Waals surface area (Å²) in [4.78, 5) is 15.7. The van der Waals surface area contributed by atoms with Crippen LogP contribution in [0.25, 0.3) is 0 Å². The van der Waals surface area contributed by atoms with Gasteiger partial charge in [-0.3, -0.25) is 4.90 Å². The van der Waals surface area contributed by atoms with Crippen LogP contribution in [0.3, 0.4) is 0 Å². The number of nitrogens with one attached hydrogen (secondary N) is 1. The minimum absolute atomic E-state index is 0.197. The Hall–Kier alpha value is -2.38. The Morgan fingerprint density at radius 1 is 1.12 bits per heavy atom. The first-order chi connectivity index (χ1) is 12.8. The van der Waals surface area contributed by atoms with Gasteiger partial charge in [0.25, 0.3) is 0 Å². The van der Waals surface area contributed by atoms with Gasteiger partial charge in [0.15, 0.2) is 5.13 Å². The van der Waals surface area contributed by atoms with Gasteiger partial charge in [-0.25, -0.2) is 19.3 Å². The van der Waals surface area contributed by atoms with Crippen LogP contribution in [0.15, 0.2) is 48.1 Å². The van der Waals surface area contributed by atoms with Crippen molar-refractivity contribution in [2.75, 3.05) is 11.9 Å². The molecule has 3 aromatic rings. The lowest BCUT2D eigenvalue weighted by molar-refractivity contribution is 0.137. The lowest BCUT2D eigenvalue weighted by Gasteiger charge is -2.35. The van der Waals surface area contributed by atoms with Gasteiger partial charge in [0.05, 0.1) is 11.7 Å². The third-order valence-corrected chi connectivity index (χ3v) is 5.27. The number of hydrogen-bond acceptors (Lipinski definition) is 6. The van der Waals surface area contributed by atoms with Crippen molar-refractivity contribution in [3.8, 4) is 0 Å². The summed E-state index contributed by atoms with van der Waals surface area (Å²) in [7, 11) is 0. The smallest absolute Gasteiger partial charge is 0.229 e. The molecule has 0 bridgehead atoms. The van der Waals surface area contributed by atoms with E-state index in [0.29, 0.717) is 5.95 Å². The number of nitrogens with zero attached hydrogens (tertiary/aromatic N) is 4. The highest BCUT2D eigenvalue weighted by molar-refractivity contribution is 7.13. The van der Waals surface area contributed by atoms with Crippen LogP contribution in [0.4, 0.5) is 15.5 Å². The minimum atomic E-state index is -0.197. The molecule has 0 aliphatic carbocycles. The van der Waals surface area contributed by atoms with Crippen molar-refractivity contribution in [2.24, 2.45) is 0 Å². The molecule has 5 nitrogen and oxygen atoms in total. The van der Waals surface area contributed by atoms with E-state index in [4.69, 9.17) is 4.98 Å². The number of aromatic nitrogens is 3. The second-order valence-electron chi connectivity index (χ2n) is 6.38. The summed E-state index contributed by atoms with van der Waals surface area (Å²) in [5.41, 5.74) is 2.13. The van der Waals surface area contributed by atoms with Crippen molar-refractivity contribution in [3.63, 3.8) is 0 Å². The predicted octanol–water partition coefficient (Wildman–Crippen LogP) is 4.54. The molecule has 0 saturated carbocycles. The minimum Gasteiger partial charge on any atom is -0.300 e. The largest absolute Gasteiger partial charge is 0.300 e. The summed E-state index contributed by atoms with van der Waals surface area (Å²) in [6.45, 7) is 1.81. The molecule has 0 spiro atoms. The van der Waals surface area contributed by atoms with Crippen LogP contribution in [0.1, 0.15) is 36.6 Å². The van der Waals surface area contributed by atoms with Crippen LogP contribution in [0, 0.1) is 5.82 Å². The molecule has 4 rings (SSSR count). The van der Waals surface area contributed by atoms with E-state index in [0.717, 1.165) is 35.9 Å². The first kappa shape index (κ1) is 17.1. The maximum absolute atomic E-state index is 13.2. The van der Waals surface area contributed by atoms with Crippen LogP contribution >= 0.6 is 11.3 Å². The number of thiazole rings is 1. The average Bonchev–Trinajstić information content (AvgIpc) is 3.17. The molecule has 7 heteroatoms. The summed E-state index contributed by atoms with van der Waals surface area (Å²) in [5.74, 6) is 0.377. The summed E-state index contributed by atoms with van der Waals surface area (Å²) >= 11 is 1.52. The lowest BCUT2D eigenvalue weighted by Crippen LogP contribution is -2.33. The van der Waals surface area contributed by atoms with Gasteiger partial charge in [-0.1, -0.05) is 18.6 Å². The quantitative estimate of drug-likeness (QED) is 0.715. The van der Waals surface area contributed by atoms with E-state index in [1.165, 1.54) is 36.3 Å². The van der Waals surface area contributed by atoms with Crippen molar-refractivity contribution < 1.29 is 4.39 Å². The van der Waals surface area contributed by atoms with Crippen molar-refractivity contribution in [1.82, 2.24) is 19.9 Å². The van der Waals surface area contributed by atoms with Crippen LogP contribution in [-0.4, -0.2) is 26.4 Å². The van der Waals surface area contributed by atoms with E-state index in [-0.39, 0.29) is 11.9 Å². The highest BCUT2D eigenvalue weighted by atomic mass is 32.1. The van der Waals surface area contributed by atoms with E-state index in [9.17, 15) is 4.39 Å². The SMILES string of the molecule is Fc1ccc(CN2CCCC[C@@H]2c2ccnc(Nc3nccs3)n2)cc1. The molecule has 1 aliphatic rings. The zero-order chi connectivity index (χ0) is 17.8. The molecule has 26 heavy (non-hydrogen) atoms. The molecular formula is C19H20FN5S. The number of hydrogen-bond donors (Lipinski definition) is 1. The molecule has 134 valence electrons. The molecule has 1 saturated heterocycles.